The van der Waals surface area contributed by atoms with Gasteiger partial charge in [0.15, 0.2) is 0 Å². The molecule has 0 bridgehead atoms. The van der Waals surface area contributed by atoms with Crippen molar-refractivity contribution in [2.45, 2.75) is 21.8 Å². The van der Waals surface area contributed by atoms with Crippen molar-refractivity contribution in [2.24, 2.45) is 0 Å². The zero-order chi connectivity index (χ0) is 10.9. The van der Waals surface area contributed by atoms with Crippen molar-refractivity contribution in [1.29, 1.82) is 0 Å². The molecule has 0 aromatic rings. The van der Waals surface area contributed by atoms with E-state index in [4.69, 9.17) is 0 Å². The Labute approximate surface area is 92.6 Å². The number of ether oxygens (including phenoxy) is 2. The summed E-state index contributed by atoms with van der Waals surface area (Å²) in [5.41, 5.74) is 0.433. The molecule has 0 aliphatic rings. The predicted octanol–water partition coefficient (Wildman–Crippen LogP) is 2.35. The predicted molar refractivity (Wildman–Crippen MR) is 62.5 cm³/mol. The molecule has 0 amide bonds. The SMILES string of the molecule is C.C.C=C(C)C(=O)OC.C=CC(=O)OC. The maximum Gasteiger partial charge on any atom is 0.332 e. The number of hydrogen-bond donors (Lipinski definition) is 0. The summed E-state index contributed by atoms with van der Waals surface area (Å²) in [6, 6.07) is 0. The summed E-state index contributed by atoms with van der Waals surface area (Å²) in [6.07, 6.45) is 1.11. The van der Waals surface area contributed by atoms with Gasteiger partial charge in [-0.2, -0.15) is 0 Å². The molecule has 0 heterocycles. The second-order valence-corrected chi connectivity index (χ2v) is 2.00. The number of carbonyl (C=O) groups is 2. The Morgan fingerprint density at radius 1 is 1.13 bits per heavy atom. The Morgan fingerprint density at radius 3 is 1.53 bits per heavy atom. The maximum absolute atomic E-state index is 10.2. The number of hydrogen-bond acceptors (Lipinski definition) is 4. The monoisotopic (exact) mass is 218 g/mol. The van der Waals surface area contributed by atoms with Crippen molar-refractivity contribution in [3.63, 3.8) is 0 Å². The van der Waals surface area contributed by atoms with Gasteiger partial charge in [0.1, 0.15) is 0 Å². The van der Waals surface area contributed by atoms with E-state index in [1.807, 2.05) is 0 Å². The van der Waals surface area contributed by atoms with Gasteiger partial charge < -0.3 is 9.47 Å². The minimum Gasteiger partial charge on any atom is -0.466 e. The van der Waals surface area contributed by atoms with Crippen LogP contribution >= 0.6 is 0 Å². The van der Waals surface area contributed by atoms with E-state index in [-0.39, 0.29) is 20.8 Å². The van der Waals surface area contributed by atoms with Gasteiger partial charge in [0.2, 0.25) is 0 Å². The fraction of sp³-hybridized carbons (Fsp3) is 0.455. The van der Waals surface area contributed by atoms with Gasteiger partial charge in [0.25, 0.3) is 0 Å². The quantitative estimate of drug-likeness (QED) is 0.527. The maximum atomic E-state index is 10.2. The second kappa shape index (κ2) is 14.9. The molecule has 0 aliphatic carbocycles. The number of carbonyl (C=O) groups excluding carboxylic acids is 2. The molecule has 4 nitrogen and oxygen atoms in total. The van der Waals surface area contributed by atoms with Crippen molar-refractivity contribution in [2.75, 3.05) is 14.2 Å². The van der Waals surface area contributed by atoms with E-state index in [9.17, 15) is 9.59 Å². The summed E-state index contributed by atoms with van der Waals surface area (Å²) >= 11 is 0. The van der Waals surface area contributed by atoms with E-state index in [0.717, 1.165) is 6.08 Å². The first-order chi connectivity index (χ1) is 5.99. The molecule has 15 heavy (non-hydrogen) atoms. The summed E-state index contributed by atoms with van der Waals surface area (Å²) in [7, 11) is 2.64. The van der Waals surface area contributed by atoms with Gasteiger partial charge in [-0.05, 0) is 6.92 Å². The largest absolute Gasteiger partial charge is 0.466 e. The van der Waals surface area contributed by atoms with Crippen LogP contribution in [0.3, 0.4) is 0 Å². The van der Waals surface area contributed by atoms with Crippen LogP contribution in [0.15, 0.2) is 24.8 Å². The van der Waals surface area contributed by atoms with Gasteiger partial charge in [-0.15, -0.1) is 0 Å². The van der Waals surface area contributed by atoms with Gasteiger partial charge in [-0.3, -0.25) is 0 Å². The second-order valence-electron chi connectivity index (χ2n) is 2.00. The number of methoxy groups -OCH3 is 2. The van der Waals surface area contributed by atoms with Gasteiger partial charge in [0, 0.05) is 11.6 Å². The van der Waals surface area contributed by atoms with Gasteiger partial charge in [0.05, 0.1) is 14.2 Å². The van der Waals surface area contributed by atoms with Crippen LogP contribution in [0.25, 0.3) is 0 Å². The van der Waals surface area contributed by atoms with Crippen LogP contribution < -0.4 is 0 Å². The fourth-order valence-corrected chi connectivity index (χ4v) is 0.258. The lowest BCUT2D eigenvalue weighted by Crippen LogP contribution is -1.98. The fourth-order valence-electron chi connectivity index (χ4n) is 0.258. The summed E-state index contributed by atoms with van der Waals surface area (Å²) in [6.45, 7) is 8.11. The summed E-state index contributed by atoms with van der Waals surface area (Å²) in [5, 5.41) is 0. The Hall–Kier alpha value is -1.58. The van der Waals surface area contributed by atoms with Crippen LogP contribution in [0.2, 0.25) is 0 Å². The third kappa shape index (κ3) is 19.0. The van der Waals surface area contributed by atoms with Crippen LogP contribution in [0.1, 0.15) is 21.8 Å². The molecule has 4 heteroatoms. The first kappa shape index (κ1) is 23.3. The van der Waals surface area contributed by atoms with E-state index in [1.54, 1.807) is 6.92 Å². The van der Waals surface area contributed by atoms with Crippen LogP contribution in [0.5, 0.6) is 0 Å². The summed E-state index contributed by atoms with van der Waals surface area (Å²) in [4.78, 5) is 20.0. The summed E-state index contributed by atoms with van der Waals surface area (Å²) in [5.74, 6) is -0.741. The molecule has 0 fully saturated rings. The molecule has 0 aromatic carbocycles. The molecule has 0 aliphatic heterocycles. The first-order valence-electron chi connectivity index (χ1n) is 3.43. The average Bonchev–Trinajstić information content (AvgIpc) is 2.16. The third-order valence-corrected chi connectivity index (χ3v) is 0.902. The molecule has 0 unspecified atom stereocenters. The Morgan fingerprint density at radius 2 is 1.53 bits per heavy atom. The van der Waals surface area contributed by atoms with Crippen molar-refractivity contribution in [3.8, 4) is 0 Å². The Kier molecular flexibility index (Phi) is 23.2. The molecule has 0 spiro atoms. The zero-order valence-corrected chi connectivity index (χ0v) is 8.12. The highest BCUT2D eigenvalue weighted by Crippen LogP contribution is 1.87. The molecule has 0 aromatic heterocycles. The Balaban J connectivity index is -0.0000000718. The third-order valence-electron chi connectivity index (χ3n) is 0.902. The van der Waals surface area contributed by atoms with Crippen molar-refractivity contribution >= 4 is 11.9 Å². The number of rotatable bonds is 2. The molecule has 90 valence electrons. The van der Waals surface area contributed by atoms with Gasteiger partial charge >= 0.3 is 11.9 Å². The van der Waals surface area contributed by atoms with E-state index in [1.165, 1.54) is 14.2 Å². The molecular formula is C11H22O4. The first-order valence-corrected chi connectivity index (χ1v) is 3.43. The van der Waals surface area contributed by atoms with E-state index < -0.39 is 5.97 Å². The van der Waals surface area contributed by atoms with Crippen LogP contribution in [0.4, 0.5) is 0 Å². The molecule has 0 N–H and O–H groups in total. The molecule has 0 radical (unpaired) electrons. The molecular weight excluding hydrogens is 196 g/mol. The summed E-state index contributed by atoms with van der Waals surface area (Å²) < 4.78 is 8.42. The molecule has 0 atom stereocenters. The lowest BCUT2D eigenvalue weighted by Gasteiger charge is -1.91. The average molecular weight is 218 g/mol. The van der Waals surface area contributed by atoms with Crippen LogP contribution in [-0.4, -0.2) is 26.2 Å². The number of esters is 2. The molecule has 0 saturated heterocycles. The van der Waals surface area contributed by atoms with Crippen molar-refractivity contribution in [1.82, 2.24) is 0 Å². The molecule has 0 rings (SSSR count). The van der Waals surface area contributed by atoms with Crippen molar-refractivity contribution < 1.29 is 19.1 Å². The topological polar surface area (TPSA) is 52.6 Å². The van der Waals surface area contributed by atoms with E-state index in [0.29, 0.717) is 5.57 Å². The highest BCUT2D eigenvalue weighted by molar-refractivity contribution is 5.86. The van der Waals surface area contributed by atoms with E-state index >= 15 is 0 Å². The molecule has 0 saturated carbocycles. The van der Waals surface area contributed by atoms with Crippen LogP contribution in [-0.2, 0) is 19.1 Å². The van der Waals surface area contributed by atoms with Crippen LogP contribution in [0, 0.1) is 0 Å². The minimum atomic E-state index is -0.394. The highest BCUT2D eigenvalue weighted by Gasteiger charge is 1.95. The minimum absolute atomic E-state index is 0. The smallest absolute Gasteiger partial charge is 0.332 e. The lowest BCUT2D eigenvalue weighted by molar-refractivity contribution is -0.136. The highest BCUT2D eigenvalue weighted by atomic mass is 16.5. The van der Waals surface area contributed by atoms with E-state index in [2.05, 4.69) is 22.6 Å². The van der Waals surface area contributed by atoms with Crippen molar-refractivity contribution in [3.05, 3.63) is 24.8 Å². The van der Waals surface area contributed by atoms with Gasteiger partial charge in [-0.1, -0.05) is 28.0 Å². The normalized spacial score (nSPS) is 6.33. The standard InChI is InChI=1S/C5H8O2.C4H6O2.2CH4/c1-4(2)5(6)7-3;1-3-4(5)6-2;;/h1H2,2-3H3;3H,1H2,2H3;2*1H4. The van der Waals surface area contributed by atoms with Gasteiger partial charge in [-0.25, -0.2) is 9.59 Å². The zero-order valence-electron chi connectivity index (χ0n) is 8.12. The Bertz CT molecular complexity index is 207. The lowest BCUT2D eigenvalue weighted by atomic mass is 10.4.